The van der Waals surface area contributed by atoms with E-state index in [4.69, 9.17) is 0 Å². The summed E-state index contributed by atoms with van der Waals surface area (Å²) in [7, 11) is 2.36. The summed E-state index contributed by atoms with van der Waals surface area (Å²) >= 11 is 0. The summed E-state index contributed by atoms with van der Waals surface area (Å²) < 4.78 is 0. The SMILES string of the molecule is BC(C)(CC(C)(C)C)C(C)C. The highest BCUT2D eigenvalue weighted by molar-refractivity contribution is 6.15. The van der Waals surface area contributed by atoms with Gasteiger partial charge in [0.15, 0.2) is 0 Å². The van der Waals surface area contributed by atoms with Crippen LogP contribution < -0.4 is 0 Å². The molecule has 0 radical (unpaired) electrons. The van der Waals surface area contributed by atoms with Gasteiger partial charge in [-0.3, -0.25) is 0 Å². The Kier molecular flexibility index (Phi) is 3.22. The maximum absolute atomic E-state index is 2.36. The Morgan fingerprint density at radius 3 is 1.55 bits per heavy atom. The van der Waals surface area contributed by atoms with Crippen molar-refractivity contribution >= 4 is 7.85 Å². The lowest BCUT2D eigenvalue weighted by Crippen LogP contribution is -2.22. The number of rotatable bonds is 2. The first-order valence-electron chi connectivity index (χ1n) is 4.65. The van der Waals surface area contributed by atoms with E-state index in [2.05, 4.69) is 49.4 Å². The quantitative estimate of drug-likeness (QED) is 0.536. The summed E-state index contributed by atoms with van der Waals surface area (Å²) in [6.45, 7) is 13.9. The molecule has 0 aromatic heterocycles. The van der Waals surface area contributed by atoms with E-state index in [1.807, 2.05) is 0 Å². The third-order valence-corrected chi connectivity index (χ3v) is 2.55. The van der Waals surface area contributed by atoms with E-state index >= 15 is 0 Å². The van der Waals surface area contributed by atoms with Crippen LogP contribution in [0.15, 0.2) is 0 Å². The van der Waals surface area contributed by atoms with Gasteiger partial charge < -0.3 is 0 Å². The summed E-state index contributed by atoms with van der Waals surface area (Å²) in [5, 5.41) is 0.484. The zero-order valence-corrected chi connectivity index (χ0v) is 9.28. The average Bonchev–Trinajstić information content (AvgIpc) is 1.56. The normalized spacial score (nSPS) is 18.5. The highest BCUT2D eigenvalue weighted by Gasteiger charge is 2.27. The molecule has 0 saturated carbocycles. The Morgan fingerprint density at radius 2 is 1.45 bits per heavy atom. The molecule has 0 rings (SSSR count). The highest BCUT2D eigenvalue weighted by atomic mass is 14.3. The van der Waals surface area contributed by atoms with Crippen LogP contribution in [-0.4, -0.2) is 7.85 Å². The zero-order chi connectivity index (χ0) is 9.28. The van der Waals surface area contributed by atoms with Gasteiger partial charge in [0.1, 0.15) is 7.85 Å². The molecule has 0 aliphatic heterocycles. The van der Waals surface area contributed by atoms with Crippen molar-refractivity contribution in [1.29, 1.82) is 0 Å². The van der Waals surface area contributed by atoms with Gasteiger partial charge in [-0.15, -0.1) is 0 Å². The fraction of sp³-hybridized carbons (Fsp3) is 1.00. The lowest BCUT2D eigenvalue weighted by atomic mass is 9.57. The van der Waals surface area contributed by atoms with E-state index in [-0.39, 0.29) is 0 Å². The van der Waals surface area contributed by atoms with Crippen molar-refractivity contribution in [3.8, 4) is 0 Å². The summed E-state index contributed by atoms with van der Waals surface area (Å²) in [5.74, 6) is 0.779. The van der Waals surface area contributed by atoms with Gasteiger partial charge in [0, 0.05) is 0 Å². The molecule has 0 nitrogen and oxygen atoms in total. The fourth-order valence-electron chi connectivity index (χ4n) is 1.57. The molecule has 0 aromatic rings. The molecule has 0 amide bonds. The van der Waals surface area contributed by atoms with Crippen LogP contribution in [0.5, 0.6) is 0 Å². The zero-order valence-electron chi connectivity index (χ0n) is 9.28. The largest absolute Gasteiger partial charge is 0.109 e. The molecular weight excluding hydrogens is 131 g/mol. The van der Waals surface area contributed by atoms with Crippen molar-refractivity contribution < 1.29 is 0 Å². The third-order valence-electron chi connectivity index (χ3n) is 2.55. The van der Waals surface area contributed by atoms with Gasteiger partial charge in [-0.25, -0.2) is 0 Å². The minimum Gasteiger partial charge on any atom is -0.0667 e. The van der Waals surface area contributed by atoms with E-state index in [1.165, 1.54) is 6.42 Å². The molecule has 0 fully saturated rings. The average molecular weight is 154 g/mol. The highest BCUT2D eigenvalue weighted by Crippen LogP contribution is 2.42. The van der Waals surface area contributed by atoms with E-state index in [9.17, 15) is 0 Å². The molecule has 1 heteroatoms. The van der Waals surface area contributed by atoms with Gasteiger partial charge in [0.05, 0.1) is 0 Å². The molecule has 0 aliphatic carbocycles. The van der Waals surface area contributed by atoms with E-state index in [1.54, 1.807) is 0 Å². The molecule has 1 unspecified atom stereocenters. The Labute approximate surface area is 73.2 Å². The maximum atomic E-state index is 2.36. The predicted octanol–water partition coefficient (Wildman–Crippen LogP) is 2.89. The van der Waals surface area contributed by atoms with Crippen molar-refractivity contribution in [3.63, 3.8) is 0 Å². The summed E-state index contributed by atoms with van der Waals surface area (Å²) in [6, 6.07) is 0. The van der Waals surface area contributed by atoms with Gasteiger partial charge >= 0.3 is 0 Å². The predicted molar refractivity (Wildman–Crippen MR) is 55.8 cm³/mol. The lowest BCUT2D eigenvalue weighted by Gasteiger charge is -2.35. The second kappa shape index (κ2) is 3.20. The van der Waals surface area contributed by atoms with Gasteiger partial charge in [-0.1, -0.05) is 46.9 Å². The smallest absolute Gasteiger partial charge is 0.0667 e. The molecule has 0 aliphatic rings. The number of hydrogen-bond donors (Lipinski definition) is 0. The van der Waals surface area contributed by atoms with Crippen molar-refractivity contribution in [3.05, 3.63) is 0 Å². The topological polar surface area (TPSA) is 0 Å². The Bertz CT molecular complexity index is 117. The first-order valence-corrected chi connectivity index (χ1v) is 4.65. The second-order valence-corrected chi connectivity index (χ2v) is 5.88. The van der Waals surface area contributed by atoms with Gasteiger partial charge in [0.25, 0.3) is 0 Å². The summed E-state index contributed by atoms with van der Waals surface area (Å²) in [6.07, 6.45) is 1.30. The molecule has 66 valence electrons. The van der Waals surface area contributed by atoms with Crippen LogP contribution in [0.2, 0.25) is 5.31 Å². The van der Waals surface area contributed by atoms with Crippen LogP contribution in [0.1, 0.15) is 48.0 Å². The van der Waals surface area contributed by atoms with Crippen molar-refractivity contribution in [1.82, 2.24) is 0 Å². The van der Waals surface area contributed by atoms with E-state index < -0.39 is 0 Å². The van der Waals surface area contributed by atoms with Crippen LogP contribution in [0, 0.1) is 11.3 Å². The van der Waals surface area contributed by atoms with Gasteiger partial charge in [0.2, 0.25) is 0 Å². The monoisotopic (exact) mass is 154 g/mol. The Hall–Kier alpha value is 0.0649. The van der Waals surface area contributed by atoms with Crippen molar-refractivity contribution in [2.75, 3.05) is 0 Å². The van der Waals surface area contributed by atoms with Crippen LogP contribution in [0.25, 0.3) is 0 Å². The molecule has 0 bridgehead atoms. The minimum absolute atomic E-state index is 0.466. The van der Waals surface area contributed by atoms with E-state index in [0.717, 1.165) is 5.92 Å². The molecule has 0 saturated heterocycles. The number of hydrogen-bond acceptors (Lipinski definition) is 0. The molecule has 0 spiro atoms. The Morgan fingerprint density at radius 1 is 1.09 bits per heavy atom. The third kappa shape index (κ3) is 4.50. The maximum Gasteiger partial charge on any atom is 0.109 e. The van der Waals surface area contributed by atoms with Gasteiger partial charge in [-0.05, 0) is 17.8 Å². The standard InChI is InChI=1S/C10H23B/c1-8(2)10(6,11)7-9(3,4)5/h8H,7,11H2,1-6H3. The van der Waals surface area contributed by atoms with Crippen LogP contribution in [0.3, 0.4) is 0 Å². The lowest BCUT2D eigenvalue weighted by molar-refractivity contribution is 0.274. The minimum atomic E-state index is 0.466. The van der Waals surface area contributed by atoms with Gasteiger partial charge in [-0.2, -0.15) is 0 Å². The van der Waals surface area contributed by atoms with Crippen LogP contribution >= 0.6 is 0 Å². The Balaban J connectivity index is 4.13. The first-order chi connectivity index (χ1) is 4.65. The van der Waals surface area contributed by atoms with Crippen LogP contribution in [-0.2, 0) is 0 Å². The second-order valence-electron chi connectivity index (χ2n) is 5.88. The first kappa shape index (κ1) is 11.1. The van der Waals surface area contributed by atoms with Crippen molar-refractivity contribution in [2.24, 2.45) is 11.3 Å². The van der Waals surface area contributed by atoms with E-state index in [0.29, 0.717) is 10.7 Å². The molecule has 0 heterocycles. The molecule has 11 heavy (non-hydrogen) atoms. The molecule has 1 atom stereocenters. The summed E-state index contributed by atoms with van der Waals surface area (Å²) in [5.41, 5.74) is 0.466. The molecule has 0 N–H and O–H groups in total. The van der Waals surface area contributed by atoms with Crippen LogP contribution in [0.4, 0.5) is 0 Å². The molecule has 0 aromatic carbocycles. The summed E-state index contributed by atoms with van der Waals surface area (Å²) in [4.78, 5) is 0. The van der Waals surface area contributed by atoms with Crippen molar-refractivity contribution in [2.45, 2.75) is 53.3 Å². The fourth-order valence-corrected chi connectivity index (χ4v) is 1.57. The molecular formula is C10H23B.